The SMILES string of the molecule is COc1cc(OCCC(F)(F)F)c(F)cc1-n1c(=O)ccc2cc(S(=O)(=O)Nc3ccon3)c(F)cc21. The van der Waals surface area contributed by atoms with Gasteiger partial charge in [-0.15, -0.1) is 0 Å². The molecule has 2 aromatic carbocycles. The van der Waals surface area contributed by atoms with Crippen molar-refractivity contribution in [3.63, 3.8) is 0 Å². The average molecular weight is 545 g/mol. The molecule has 15 heteroatoms. The zero-order valence-electron chi connectivity index (χ0n) is 18.7. The van der Waals surface area contributed by atoms with E-state index in [1.54, 1.807) is 0 Å². The fraction of sp³-hybridized carbons (Fsp3) is 0.182. The summed E-state index contributed by atoms with van der Waals surface area (Å²) in [6.45, 7) is -0.859. The van der Waals surface area contributed by atoms with E-state index in [0.717, 1.165) is 48.3 Å². The van der Waals surface area contributed by atoms with Crippen LogP contribution >= 0.6 is 0 Å². The molecule has 0 fully saturated rings. The number of pyridine rings is 1. The molecule has 4 aromatic rings. The third-order valence-corrected chi connectivity index (χ3v) is 6.40. The summed E-state index contributed by atoms with van der Waals surface area (Å²) in [5.74, 6) is -3.28. The van der Waals surface area contributed by atoms with Crippen LogP contribution in [0.3, 0.4) is 0 Å². The third kappa shape index (κ3) is 5.50. The van der Waals surface area contributed by atoms with Crippen LogP contribution in [0.5, 0.6) is 11.5 Å². The Hall–Kier alpha value is -4.14. The standard InChI is InChI=1S/C22H16F5N3O6S/c1-34-18-11-17(35-7-5-22(25,26)27)13(23)9-16(18)30-15-10-14(24)19(8-12(15)2-3-21(30)31)37(32,33)29-20-4-6-36-28-20/h2-4,6,8-11H,5,7H2,1H3,(H,28,29). The lowest BCUT2D eigenvalue weighted by Crippen LogP contribution is -2.20. The van der Waals surface area contributed by atoms with Gasteiger partial charge in [0.25, 0.3) is 15.6 Å². The summed E-state index contributed by atoms with van der Waals surface area (Å²) in [6.07, 6.45) is -4.74. The van der Waals surface area contributed by atoms with Crippen molar-refractivity contribution in [3.05, 3.63) is 70.7 Å². The lowest BCUT2D eigenvalue weighted by molar-refractivity contribution is -0.139. The van der Waals surface area contributed by atoms with E-state index in [2.05, 4.69) is 9.68 Å². The molecule has 4 rings (SSSR count). The van der Waals surface area contributed by atoms with Crippen LogP contribution < -0.4 is 19.8 Å². The largest absolute Gasteiger partial charge is 0.494 e. The highest BCUT2D eigenvalue weighted by Gasteiger charge is 2.27. The molecular formula is C22H16F5N3O6S. The molecule has 0 aliphatic rings. The summed E-state index contributed by atoms with van der Waals surface area (Å²) in [4.78, 5) is 12.0. The van der Waals surface area contributed by atoms with Crippen molar-refractivity contribution in [2.24, 2.45) is 0 Å². The Kier molecular flexibility index (Phi) is 6.82. The first-order chi connectivity index (χ1) is 17.4. The van der Waals surface area contributed by atoms with E-state index in [0.29, 0.717) is 0 Å². The fourth-order valence-corrected chi connectivity index (χ4v) is 4.49. The van der Waals surface area contributed by atoms with Crippen molar-refractivity contribution in [1.29, 1.82) is 0 Å². The number of rotatable bonds is 8. The van der Waals surface area contributed by atoms with Crippen molar-refractivity contribution in [1.82, 2.24) is 9.72 Å². The first-order valence-corrected chi connectivity index (χ1v) is 11.7. The molecule has 0 unspecified atom stereocenters. The topological polar surface area (TPSA) is 113 Å². The van der Waals surface area contributed by atoms with Gasteiger partial charge in [0.05, 0.1) is 31.3 Å². The van der Waals surface area contributed by atoms with Crippen molar-refractivity contribution in [2.75, 3.05) is 18.4 Å². The molecule has 0 saturated heterocycles. The number of sulfonamides is 1. The number of nitrogens with one attached hydrogen (secondary N) is 1. The number of hydrogen-bond donors (Lipinski definition) is 1. The van der Waals surface area contributed by atoms with Crippen LogP contribution in [0.25, 0.3) is 16.6 Å². The van der Waals surface area contributed by atoms with E-state index in [1.807, 2.05) is 4.72 Å². The number of nitrogens with zero attached hydrogens (tertiary/aromatic N) is 2. The minimum atomic E-state index is -4.52. The summed E-state index contributed by atoms with van der Waals surface area (Å²) < 4.78 is 110. The Morgan fingerprint density at radius 1 is 1.05 bits per heavy atom. The number of benzene rings is 2. The summed E-state index contributed by atoms with van der Waals surface area (Å²) in [6, 6.07) is 6.92. The first kappa shape index (κ1) is 25.9. The summed E-state index contributed by atoms with van der Waals surface area (Å²) in [5, 5.41) is 3.48. The van der Waals surface area contributed by atoms with Crippen molar-refractivity contribution in [3.8, 4) is 17.2 Å². The van der Waals surface area contributed by atoms with E-state index in [9.17, 15) is 30.8 Å². The number of hydrogen-bond acceptors (Lipinski definition) is 7. The van der Waals surface area contributed by atoms with Gasteiger partial charge < -0.3 is 14.0 Å². The Balaban J connectivity index is 1.80. The predicted octanol–water partition coefficient (Wildman–Crippen LogP) is 4.40. The maximum Gasteiger partial charge on any atom is 0.392 e. The Bertz CT molecular complexity index is 1620. The third-order valence-electron chi connectivity index (χ3n) is 5.03. The lowest BCUT2D eigenvalue weighted by Gasteiger charge is -2.17. The maximum absolute atomic E-state index is 15.0. The zero-order chi connectivity index (χ0) is 27.0. The minimum Gasteiger partial charge on any atom is -0.494 e. The van der Waals surface area contributed by atoms with Gasteiger partial charge in [0, 0.05) is 35.7 Å². The van der Waals surface area contributed by atoms with Gasteiger partial charge in [-0.1, -0.05) is 5.16 Å². The second-order valence-electron chi connectivity index (χ2n) is 7.51. The van der Waals surface area contributed by atoms with Gasteiger partial charge in [-0.25, -0.2) is 17.2 Å². The zero-order valence-corrected chi connectivity index (χ0v) is 19.5. The lowest BCUT2D eigenvalue weighted by atomic mass is 10.1. The molecule has 0 atom stereocenters. The molecule has 0 spiro atoms. The number of anilines is 1. The Labute approximate surface area is 205 Å². The van der Waals surface area contributed by atoms with Gasteiger partial charge in [0.2, 0.25) is 0 Å². The number of ether oxygens (including phenoxy) is 2. The van der Waals surface area contributed by atoms with Gasteiger partial charge in [0.15, 0.2) is 17.4 Å². The molecule has 196 valence electrons. The molecule has 1 N–H and O–H groups in total. The van der Waals surface area contributed by atoms with Crippen LogP contribution in [0.1, 0.15) is 6.42 Å². The highest BCUT2D eigenvalue weighted by atomic mass is 32.2. The molecule has 0 aliphatic heterocycles. The van der Waals surface area contributed by atoms with Crippen LogP contribution in [-0.2, 0) is 10.0 Å². The molecule has 0 bridgehead atoms. The predicted molar refractivity (Wildman–Crippen MR) is 119 cm³/mol. The van der Waals surface area contributed by atoms with Crippen LogP contribution in [0.2, 0.25) is 0 Å². The first-order valence-electron chi connectivity index (χ1n) is 10.3. The molecule has 0 radical (unpaired) electrons. The summed E-state index contributed by atoms with van der Waals surface area (Å²) >= 11 is 0. The van der Waals surface area contributed by atoms with E-state index < -0.39 is 57.1 Å². The molecule has 37 heavy (non-hydrogen) atoms. The minimum absolute atomic E-state index is 0.0782. The second-order valence-corrected chi connectivity index (χ2v) is 9.16. The normalized spacial score (nSPS) is 12.1. The maximum atomic E-state index is 15.0. The molecule has 9 nitrogen and oxygen atoms in total. The quantitative estimate of drug-likeness (QED) is 0.327. The van der Waals surface area contributed by atoms with Crippen LogP contribution in [0, 0.1) is 11.6 Å². The molecular weight excluding hydrogens is 529 g/mol. The smallest absolute Gasteiger partial charge is 0.392 e. The van der Waals surface area contributed by atoms with E-state index in [-0.39, 0.29) is 28.2 Å². The van der Waals surface area contributed by atoms with Crippen LogP contribution in [0.15, 0.2) is 62.9 Å². The van der Waals surface area contributed by atoms with Gasteiger partial charge >= 0.3 is 6.18 Å². The van der Waals surface area contributed by atoms with Crippen LogP contribution in [-0.4, -0.2) is 38.0 Å². The molecule has 0 saturated carbocycles. The number of alkyl halides is 3. The highest BCUT2D eigenvalue weighted by molar-refractivity contribution is 7.92. The van der Waals surface area contributed by atoms with E-state index in [4.69, 9.17) is 9.47 Å². The second kappa shape index (κ2) is 9.72. The van der Waals surface area contributed by atoms with Gasteiger partial charge in [-0.3, -0.25) is 14.1 Å². The van der Waals surface area contributed by atoms with E-state index in [1.165, 1.54) is 12.1 Å². The fourth-order valence-electron chi connectivity index (χ4n) is 3.40. The molecule has 0 aliphatic carbocycles. The molecule has 2 aromatic heterocycles. The molecule has 2 heterocycles. The summed E-state index contributed by atoms with van der Waals surface area (Å²) in [7, 11) is -3.29. The summed E-state index contributed by atoms with van der Waals surface area (Å²) in [5.41, 5.74) is -1.13. The highest BCUT2D eigenvalue weighted by Crippen LogP contribution is 2.33. The van der Waals surface area contributed by atoms with Crippen LogP contribution in [0.4, 0.5) is 27.8 Å². The van der Waals surface area contributed by atoms with Crippen molar-refractivity contribution in [2.45, 2.75) is 17.5 Å². The monoisotopic (exact) mass is 545 g/mol. The Morgan fingerprint density at radius 2 is 1.81 bits per heavy atom. The van der Waals surface area contributed by atoms with Crippen molar-refractivity contribution >= 4 is 26.7 Å². The number of methoxy groups -OCH3 is 1. The number of aromatic nitrogens is 2. The van der Waals surface area contributed by atoms with Gasteiger partial charge in [-0.2, -0.15) is 13.2 Å². The number of fused-ring (bicyclic) bond motifs is 1. The van der Waals surface area contributed by atoms with Gasteiger partial charge in [-0.05, 0) is 12.1 Å². The van der Waals surface area contributed by atoms with Gasteiger partial charge in [0.1, 0.15) is 22.7 Å². The molecule has 0 amide bonds. The van der Waals surface area contributed by atoms with Crippen molar-refractivity contribution < 1.29 is 44.4 Å². The van der Waals surface area contributed by atoms with E-state index >= 15 is 4.39 Å². The number of halogens is 5. The Morgan fingerprint density at radius 3 is 2.46 bits per heavy atom. The average Bonchev–Trinajstić information content (AvgIpc) is 3.31.